The van der Waals surface area contributed by atoms with Gasteiger partial charge in [0.2, 0.25) is 0 Å². The van der Waals surface area contributed by atoms with Crippen LogP contribution in [0, 0.1) is 5.41 Å². The Morgan fingerprint density at radius 3 is 2.26 bits per heavy atom. The second kappa shape index (κ2) is 7.60. The zero-order valence-corrected chi connectivity index (χ0v) is 11.8. The fourth-order valence-corrected chi connectivity index (χ4v) is 1.18. The quantitative estimate of drug-likeness (QED) is 0.619. The molecule has 110 valence electrons. The molecular formula is C12H22N2O5. The van der Waals surface area contributed by atoms with Crippen LogP contribution in [0.1, 0.15) is 33.6 Å². The molecule has 0 rings (SSSR count). The molecule has 0 bridgehead atoms. The Hall–Kier alpha value is -1.79. The highest BCUT2D eigenvalue weighted by Crippen LogP contribution is 2.10. The van der Waals surface area contributed by atoms with E-state index in [0.29, 0.717) is 6.54 Å². The van der Waals surface area contributed by atoms with Gasteiger partial charge in [0.15, 0.2) is 0 Å². The van der Waals surface area contributed by atoms with Gasteiger partial charge < -0.3 is 20.5 Å². The molecule has 0 fully saturated rings. The number of carboxylic acids is 1. The minimum absolute atomic E-state index is 0.00898. The summed E-state index contributed by atoms with van der Waals surface area (Å²) in [5.41, 5.74) is -0.0952. The Kier molecular flexibility index (Phi) is 6.89. The number of hydrogen-bond acceptors (Lipinski definition) is 4. The van der Waals surface area contributed by atoms with Crippen molar-refractivity contribution in [2.24, 2.45) is 5.41 Å². The first-order chi connectivity index (χ1) is 8.65. The summed E-state index contributed by atoms with van der Waals surface area (Å²) in [7, 11) is 1.22. The van der Waals surface area contributed by atoms with Crippen molar-refractivity contribution in [2.45, 2.75) is 39.7 Å². The van der Waals surface area contributed by atoms with Gasteiger partial charge in [-0.05, 0) is 11.8 Å². The second-order valence-corrected chi connectivity index (χ2v) is 5.39. The zero-order valence-electron chi connectivity index (χ0n) is 11.8. The number of carbonyl (C=O) groups is 3. The highest BCUT2D eigenvalue weighted by molar-refractivity contribution is 5.83. The van der Waals surface area contributed by atoms with Gasteiger partial charge >= 0.3 is 18.0 Å². The van der Waals surface area contributed by atoms with Gasteiger partial charge in [0.05, 0.1) is 7.11 Å². The fourth-order valence-electron chi connectivity index (χ4n) is 1.18. The lowest BCUT2D eigenvalue weighted by atomic mass is 9.97. The van der Waals surface area contributed by atoms with E-state index in [-0.39, 0.29) is 18.3 Å². The van der Waals surface area contributed by atoms with Crippen molar-refractivity contribution >= 4 is 18.0 Å². The van der Waals surface area contributed by atoms with Crippen molar-refractivity contribution in [3.63, 3.8) is 0 Å². The number of rotatable bonds is 6. The van der Waals surface area contributed by atoms with Crippen LogP contribution in [-0.2, 0) is 14.3 Å². The molecule has 7 nitrogen and oxygen atoms in total. The van der Waals surface area contributed by atoms with E-state index in [9.17, 15) is 14.4 Å². The molecule has 0 spiro atoms. The standard InChI is InChI=1S/C12H22N2O5/c1-12(2,3)7-13-11(18)14-8(10(16)17)5-6-9(15)19-4/h8H,5-7H2,1-4H3,(H,16,17)(H2,13,14,18)/t8-/m1/s1. The first-order valence-electron chi connectivity index (χ1n) is 5.99. The van der Waals surface area contributed by atoms with Crippen LogP contribution < -0.4 is 10.6 Å². The normalized spacial score (nSPS) is 12.4. The van der Waals surface area contributed by atoms with E-state index >= 15 is 0 Å². The molecule has 0 aromatic rings. The van der Waals surface area contributed by atoms with Crippen LogP contribution in [0.3, 0.4) is 0 Å². The first-order valence-corrected chi connectivity index (χ1v) is 5.99. The third-order valence-corrected chi connectivity index (χ3v) is 2.25. The number of methoxy groups -OCH3 is 1. The van der Waals surface area contributed by atoms with Gasteiger partial charge in [0.1, 0.15) is 6.04 Å². The molecule has 0 saturated carbocycles. The number of carboxylic acid groups (broad SMARTS) is 1. The maximum Gasteiger partial charge on any atom is 0.326 e. The molecule has 0 aromatic carbocycles. The molecule has 0 aliphatic rings. The number of ether oxygens (including phenoxy) is 1. The van der Waals surface area contributed by atoms with E-state index < -0.39 is 24.0 Å². The van der Waals surface area contributed by atoms with Crippen molar-refractivity contribution in [3.05, 3.63) is 0 Å². The molecule has 19 heavy (non-hydrogen) atoms. The van der Waals surface area contributed by atoms with Gasteiger partial charge in [-0.1, -0.05) is 20.8 Å². The number of amides is 2. The molecule has 0 heterocycles. The molecule has 0 unspecified atom stereocenters. The summed E-state index contributed by atoms with van der Waals surface area (Å²) >= 11 is 0. The van der Waals surface area contributed by atoms with Crippen molar-refractivity contribution < 1.29 is 24.2 Å². The monoisotopic (exact) mass is 274 g/mol. The Bertz CT molecular complexity index is 336. The van der Waals surface area contributed by atoms with Gasteiger partial charge in [-0.15, -0.1) is 0 Å². The van der Waals surface area contributed by atoms with Crippen LogP contribution in [-0.4, -0.2) is 42.8 Å². The molecule has 0 saturated heterocycles. The Balaban J connectivity index is 4.23. The van der Waals surface area contributed by atoms with E-state index in [1.807, 2.05) is 20.8 Å². The van der Waals surface area contributed by atoms with Gasteiger partial charge in [0, 0.05) is 13.0 Å². The Morgan fingerprint density at radius 1 is 1.26 bits per heavy atom. The van der Waals surface area contributed by atoms with Crippen molar-refractivity contribution in [1.82, 2.24) is 10.6 Å². The average molecular weight is 274 g/mol. The highest BCUT2D eigenvalue weighted by atomic mass is 16.5. The zero-order chi connectivity index (χ0) is 15.1. The lowest BCUT2D eigenvalue weighted by Crippen LogP contribution is -2.47. The maximum atomic E-state index is 11.5. The lowest BCUT2D eigenvalue weighted by Gasteiger charge is -2.20. The van der Waals surface area contributed by atoms with E-state index in [0.717, 1.165) is 0 Å². The number of hydrogen-bond donors (Lipinski definition) is 3. The molecule has 0 aliphatic heterocycles. The third kappa shape index (κ3) is 8.87. The Morgan fingerprint density at radius 2 is 1.84 bits per heavy atom. The van der Waals surface area contributed by atoms with Crippen molar-refractivity contribution in [2.75, 3.05) is 13.7 Å². The van der Waals surface area contributed by atoms with Crippen LogP contribution in [0.5, 0.6) is 0 Å². The smallest absolute Gasteiger partial charge is 0.326 e. The molecule has 3 N–H and O–H groups in total. The number of carbonyl (C=O) groups excluding carboxylic acids is 2. The van der Waals surface area contributed by atoms with Crippen molar-refractivity contribution in [1.29, 1.82) is 0 Å². The van der Waals surface area contributed by atoms with E-state index in [1.165, 1.54) is 7.11 Å². The average Bonchev–Trinajstić information content (AvgIpc) is 2.30. The summed E-state index contributed by atoms with van der Waals surface area (Å²) in [5, 5.41) is 13.8. The SMILES string of the molecule is COC(=O)CC[C@@H](NC(=O)NCC(C)(C)C)C(=O)O. The van der Waals surface area contributed by atoms with Crippen LogP contribution in [0.4, 0.5) is 4.79 Å². The lowest BCUT2D eigenvalue weighted by molar-refractivity contribution is -0.142. The van der Waals surface area contributed by atoms with Gasteiger partial charge in [0.25, 0.3) is 0 Å². The molecule has 2 amide bonds. The summed E-state index contributed by atoms with van der Waals surface area (Å²) in [6.45, 7) is 6.25. The van der Waals surface area contributed by atoms with Crippen LogP contribution in [0.15, 0.2) is 0 Å². The van der Waals surface area contributed by atoms with Gasteiger partial charge in [-0.3, -0.25) is 4.79 Å². The van der Waals surface area contributed by atoms with Crippen LogP contribution in [0.25, 0.3) is 0 Å². The molecule has 0 radical (unpaired) electrons. The van der Waals surface area contributed by atoms with Gasteiger partial charge in [-0.25, -0.2) is 9.59 Å². The van der Waals surface area contributed by atoms with Crippen molar-refractivity contribution in [3.8, 4) is 0 Å². The third-order valence-electron chi connectivity index (χ3n) is 2.25. The Labute approximate surface area is 112 Å². The largest absolute Gasteiger partial charge is 0.480 e. The molecule has 7 heteroatoms. The van der Waals surface area contributed by atoms with E-state index in [4.69, 9.17) is 5.11 Å². The summed E-state index contributed by atoms with van der Waals surface area (Å²) in [6, 6.07) is -1.67. The number of nitrogens with one attached hydrogen (secondary N) is 2. The molecule has 0 aliphatic carbocycles. The highest BCUT2D eigenvalue weighted by Gasteiger charge is 2.21. The molecule has 0 aromatic heterocycles. The van der Waals surface area contributed by atoms with Crippen LogP contribution >= 0.6 is 0 Å². The molecule has 1 atom stereocenters. The second-order valence-electron chi connectivity index (χ2n) is 5.39. The van der Waals surface area contributed by atoms with Crippen LogP contribution in [0.2, 0.25) is 0 Å². The minimum atomic E-state index is -1.19. The summed E-state index contributed by atoms with van der Waals surface area (Å²) in [5.74, 6) is -1.70. The maximum absolute atomic E-state index is 11.5. The fraction of sp³-hybridized carbons (Fsp3) is 0.750. The minimum Gasteiger partial charge on any atom is -0.480 e. The molecular weight excluding hydrogens is 252 g/mol. The summed E-state index contributed by atoms with van der Waals surface area (Å²) in [6.07, 6.45) is -0.0715. The topological polar surface area (TPSA) is 105 Å². The number of urea groups is 1. The predicted molar refractivity (Wildman–Crippen MR) is 68.7 cm³/mol. The van der Waals surface area contributed by atoms with E-state index in [1.54, 1.807) is 0 Å². The number of esters is 1. The number of aliphatic carboxylic acids is 1. The first kappa shape index (κ1) is 17.2. The summed E-state index contributed by atoms with van der Waals surface area (Å²) < 4.78 is 4.42. The van der Waals surface area contributed by atoms with E-state index in [2.05, 4.69) is 15.4 Å². The summed E-state index contributed by atoms with van der Waals surface area (Å²) in [4.78, 5) is 33.4. The predicted octanol–water partition coefficient (Wildman–Crippen LogP) is 0.738. The van der Waals surface area contributed by atoms with Gasteiger partial charge in [-0.2, -0.15) is 0 Å².